The molecular formula is C7H16ClNO. The van der Waals surface area contributed by atoms with Crippen LogP contribution < -0.4 is 18.1 Å². The number of halogens is 1. The van der Waals surface area contributed by atoms with Crippen molar-refractivity contribution >= 4 is 0 Å². The van der Waals surface area contributed by atoms with Gasteiger partial charge in [0.05, 0.1) is 6.61 Å². The van der Waals surface area contributed by atoms with Gasteiger partial charge in [-0.1, -0.05) is 6.92 Å². The van der Waals surface area contributed by atoms with Crippen LogP contribution in [0.1, 0.15) is 26.7 Å². The average molecular weight is 166 g/mol. The molecule has 10 heavy (non-hydrogen) atoms. The van der Waals surface area contributed by atoms with Crippen LogP contribution in [0.4, 0.5) is 0 Å². The molecule has 2 nitrogen and oxygen atoms in total. The summed E-state index contributed by atoms with van der Waals surface area (Å²) in [6, 6.07) is 0. The van der Waals surface area contributed by atoms with Gasteiger partial charge in [-0.05, 0) is 12.8 Å². The first-order chi connectivity index (χ1) is 4.13. The van der Waals surface area contributed by atoms with Crippen LogP contribution in [0.2, 0.25) is 0 Å². The molecule has 1 fully saturated rings. The standard InChI is InChI=1S/C7H15NO.ClH/c1-6-4-3-5-9-7(6,2)8;/h6H,3-5,8H2,1-2H3;1H. The van der Waals surface area contributed by atoms with Crippen molar-refractivity contribution in [2.24, 2.45) is 5.92 Å². The fraction of sp³-hybridized carbons (Fsp3) is 1.00. The maximum Gasteiger partial charge on any atom is 0.198 e. The molecule has 1 rings (SSSR count). The van der Waals surface area contributed by atoms with Gasteiger partial charge >= 0.3 is 0 Å². The van der Waals surface area contributed by atoms with Gasteiger partial charge in [-0.25, -0.2) is 0 Å². The molecule has 1 heterocycles. The first kappa shape index (κ1) is 10.2. The summed E-state index contributed by atoms with van der Waals surface area (Å²) in [5, 5.41) is 0. The summed E-state index contributed by atoms with van der Waals surface area (Å²) in [5.41, 5.74) is 3.88. The van der Waals surface area contributed by atoms with Gasteiger partial charge in [0.1, 0.15) is 0 Å². The Labute approximate surface area is 68.5 Å². The van der Waals surface area contributed by atoms with Crippen LogP contribution in [0.15, 0.2) is 0 Å². The molecule has 0 spiro atoms. The SMILES string of the molecule is CC1CCCOC1(C)[NH3+].[Cl-]. The van der Waals surface area contributed by atoms with Crippen molar-refractivity contribution in [1.29, 1.82) is 0 Å². The van der Waals surface area contributed by atoms with Gasteiger partial charge in [0.25, 0.3) is 0 Å². The third-order valence-corrected chi connectivity index (χ3v) is 2.26. The fourth-order valence-corrected chi connectivity index (χ4v) is 1.14. The van der Waals surface area contributed by atoms with Crippen molar-refractivity contribution in [3.63, 3.8) is 0 Å². The van der Waals surface area contributed by atoms with Crippen molar-refractivity contribution in [1.82, 2.24) is 0 Å². The van der Waals surface area contributed by atoms with Gasteiger partial charge in [0.15, 0.2) is 5.72 Å². The second-order valence-electron chi connectivity index (χ2n) is 3.20. The summed E-state index contributed by atoms with van der Waals surface area (Å²) in [6.07, 6.45) is 2.46. The van der Waals surface area contributed by atoms with E-state index in [1.165, 1.54) is 12.8 Å². The van der Waals surface area contributed by atoms with Crippen molar-refractivity contribution in [3.8, 4) is 0 Å². The number of hydrogen-bond donors (Lipinski definition) is 1. The summed E-state index contributed by atoms with van der Waals surface area (Å²) < 4.78 is 5.47. The Morgan fingerprint density at radius 1 is 1.60 bits per heavy atom. The molecule has 0 bridgehead atoms. The molecule has 0 aromatic heterocycles. The Hall–Kier alpha value is 0.210. The lowest BCUT2D eigenvalue weighted by Crippen LogP contribution is -3.00. The van der Waals surface area contributed by atoms with E-state index in [0.29, 0.717) is 5.92 Å². The highest BCUT2D eigenvalue weighted by Crippen LogP contribution is 2.23. The van der Waals surface area contributed by atoms with Crippen LogP contribution >= 0.6 is 0 Å². The Kier molecular flexibility index (Phi) is 3.63. The Morgan fingerprint density at radius 3 is 2.50 bits per heavy atom. The van der Waals surface area contributed by atoms with Gasteiger partial charge in [-0.2, -0.15) is 0 Å². The van der Waals surface area contributed by atoms with E-state index in [1.807, 2.05) is 0 Å². The van der Waals surface area contributed by atoms with Crippen molar-refractivity contribution in [2.75, 3.05) is 6.61 Å². The minimum Gasteiger partial charge on any atom is -1.00 e. The number of rotatable bonds is 0. The molecule has 1 saturated heterocycles. The number of hydrogen-bond acceptors (Lipinski definition) is 1. The minimum absolute atomic E-state index is 0. The molecule has 1 aliphatic heterocycles. The Bertz CT molecular complexity index is 106. The predicted molar refractivity (Wildman–Crippen MR) is 35.6 cm³/mol. The minimum atomic E-state index is -0.113. The normalized spacial score (nSPS) is 40.5. The van der Waals surface area contributed by atoms with Crippen LogP contribution in [0, 0.1) is 5.92 Å². The van der Waals surface area contributed by atoms with Crippen LogP contribution in [0.5, 0.6) is 0 Å². The van der Waals surface area contributed by atoms with E-state index < -0.39 is 0 Å². The third-order valence-electron chi connectivity index (χ3n) is 2.26. The topological polar surface area (TPSA) is 36.9 Å². The average Bonchev–Trinajstić information content (AvgIpc) is 1.77. The highest BCUT2D eigenvalue weighted by Gasteiger charge is 2.34. The Balaban J connectivity index is 0.000000810. The monoisotopic (exact) mass is 165 g/mol. The highest BCUT2D eigenvalue weighted by atomic mass is 35.5. The lowest BCUT2D eigenvalue weighted by Gasteiger charge is -2.32. The molecule has 0 aliphatic carbocycles. The largest absolute Gasteiger partial charge is 1.00 e. The lowest BCUT2D eigenvalue weighted by molar-refractivity contribution is -0.569. The molecular weight excluding hydrogens is 150 g/mol. The molecule has 0 saturated carbocycles. The zero-order valence-corrected chi connectivity index (χ0v) is 7.45. The summed E-state index contributed by atoms with van der Waals surface area (Å²) in [4.78, 5) is 0. The fourth-order valence-electron chi connectivity index (χ4n) is 1.14. The van der Waals surface area contributed by atoms with Gasteiger partial charge in [0, 0.05) is 12.8 Å². The summed E-state index contributed by atoms with van der Waals surface area (Å²) in [7, 11) is 0. The van der Waals surface area contributed by atoms with E-state index in [1.54, 1.807) is 0 Å². The smallest absolute Gasteiger partial charge is 0.198 e. The molecule has 1 aliphatic rings. The van der Waals surface area contributed by atoms with E-state index in [9.17, 15) is 0 Å². The summed E-state index contributed by atoms with van der Waals surface area (Å²) in [5.74, 6) is 0.617. The Morgan fingerprint density at radius 2 is 2.20 bits per heavy atom. The van der Waals surface area contributed by atoms with Gasteiger partial charge < -0.3 is 22.9 Å². The van der Waals surface area contributed by atoms with Crippen LogP contribution in [-0.2, 0) is 4.74 Å². The maximum absolute atomic E-state index is 5.47. The van der Waals surface area contributed by atoms with E-state index in [-0.39, 0.29) is 18.1 Å². The number of quaternary nitrogens is 1. The second-order valence-corrected chi connectivity index (χ2v) is 3.20. The molecule has 0 amide bonds. The van der Waals surface area contributed by atoms with Crippen molar-refractivity contribution < 1.29 is 22.9 Å². The molecule has 0 aromatic rings. The van der Waals surface area contributed by atoms with E-state index in [0.717, 1.165) is 6.61 Å². The van der Waals surface area contributed by atoms with E-state index >= 15 is 0 Å². The zero-order chi connectivity index (χ0) is 6.91. The van der Waals surface area contributed by atoms with Gasteiger partial charge in [-0.15, -0.1) is 0 Å². The summed E-state index contributed by atoms with van der Waals surface area (Å²) in [6.45, 7) is 5.16. The van der Waals surface area contributed by atoms with Crippen LogP contribution in [0.25, 0.3) is 0 Å². The first-order valence-electron chi connectivity index (χ1n) is 3.62. The maximum atomic E-state index is 5.47. The van der Waals surface area contributed by atoms with Gasteiger partial charge in [-0.3, -0.25) is 0 Å². The van der Waals surface area contributed by atoms with Crippen molar-refractivity contribution in [3.05, 3.63) is 0 Å². The van der Waals surface area contributed by atoms with Crippen molar-refractivity contribution in [2.45, 2.75) is 32.4 Å². The second kappa shape index (κ2) is 3.56. The molecule has 0 aromatic carbocycles. The van der Waals surface area contributed by atoms with Crippen LogP contribution in [0.3, 0.4) is 0 Å². The molecule has 3 heteroatoms. The molecule has 62 valence electrons. The summed E-state index contributed by atoms with van der Waals surface area (Å²) >= 11 is 0. The quantitative estimate of drug-likeness (QED) is 0.420. The predicted octanol–water partition coefficient (Wildman–Crippen LogP) is -2.60. The lowest BCUT2D eigenvalue weighted by atomic mass is 9.93. The molecule has 2 unspecified atom stereocenters. The van der Waals surface area contributed by atoms with Gasteiger partial charge in [0.2, 0.25) is 0 Å². The van der Waals surface area contributed by atoms with E-state index in [4.69, 9.17) is 4.74 Å². The molecule has 0 radical (unpaired) electrons. The molecule has 3 N–H and O–H groups in total. The first-order valence-corrected chi connectivity index (χ1v) is 3.62. The third kappa shape index (κ3) is 2.11. The zero-order valence-electron chi connectivity index (χ0n) is 6.69. The number of ether oxygens (including phenoxy) is 1. The van der Waals surface area contributed by atoms with Crippen LogP contribution in [-0.4, -0.2) is 12.3 Å². The highest BCUT2D eigenvalue weighted by molar-refractivity contribution is 4.71. The van der Waals surface area contributed by atoms with E-state index in [2.05, 4.69) is 19.6 Å². The molecule has 2 atom stereocenters.